The fourth-order valence-electron chi connectivity index (χ4n) is 1.62. The SMILES string of the molecule is C(=N\OC1CCCCC1)/C1CC1. The Kier molecular flexibility index (Phi) is 2.64. The molecule has 0 atom stereocenters. The van der Waals surface area contributed by atoms with Crippen LogP contribution in [0.4, 0.5) is 0 Å². The zero-order chi connectivity index (χ0) is 8.23. The van der Waals surface area contributed by atoms with Crippen LogP contribution in [0.25, 0.3) is 0 Å². The molecule has 0 bridgehead atoms. The summed E-state index contributed by atoms with van der Waals surface area (Å²) < 4.78 is 0. The fraction of sp³-hybridized carbons (Fsp3) is 0.900. The first-order valence-corrected chi connectivity index (χ1v) is 5.14. The molecule has 0 aromatic heterocycles. The first kappa shape index (κ1) is 8.09. The van der Waals surface area contributed by atoms with E-state index in [0.29, 0.717) is 6.10 Å². The molecule has 0 amide bonds. The molecule has 0 spiro atoms. The molecule has 2 aliphatic rings. The first-order valence-electron chi connectivity index (χ1n) is 5.14. The van der Waals surface area contributed by atoms with E-state index in [4.69, 9.17) is 4.84 Å². The summed E-state index contributed by atoms with van der Waals surface area (Å²) in [5, 5.41) is 4.03. The number of rotatable bonds is 3. The standard InChI is InChI=1S/C10H17NO/c1-2-4-10(5-3-1)12-11-8-9-6-7-9/h8-10H,1-7H2/b11-8+. The molecular formula is C10H17NO. The van der Waals surface area contributed by atoms with Crippen LogP contribution in [0, 0.1) is 5.92 Å². The van der Waals surface area contributed by atoms with Crippen molar-refractivity contribution in [3.8, 4) is 0 Å². The lowest BCUT2D eigenvalue weighted by Crippen LogP contribution is -2.13. The molecule has 2 saturated carbocycles. The average Bonchev–Trinajstić information content (AvgIpc) is 2.90. The second kappa shape index (κ2) is 3.92. The number of oxime groups is 1. The normalized spacial score (nSPS) is 26.3. The Labute approximate surface area is 74.0 Å². The third-order valence-corrected chi connectivity index (χ3v) is 2.66. The molecule has 2 aliphatic carbocycles. The van der Waals surface area contributed by atoms with E-state index in [0.717, 1.165) is 5.92 Å². The van der Waals surface area contributed by atoms with E-state index in [-0.39, 0.29) is 0 Å². The summed E-state index contributed by atoms with van der Waals surface area (Å²) in [4.78, 5) is 5.40. The first-order chi connectivity index (χ1) is 5.95. The van der Waals surface area contributed by atoms with E-state index in [1.54, 1.807) is 0 Å². The molecule has 2 heteroatoms. The summed E-state index contributed by atoms with van der Waals surface area (Å²) in [6.45, 7) is 0. The van der Waals surface area contributed by atoms with Gasteiger partial charge in [-0.15, -0.1) is 0 Å². The second-order valence-electron chi connectivity index (χ2n) is 3.96. The maximum atomic E-state index is 5.40. The van der Waals surface area contributed by atoms with Crippen LogP contribution >= 0.6 is 0 Å². The van der Waals surface area contributed by atoms with Gasteiger partial charge in [0, 0.05) is 6.21 Å². The smallest absolute Gasteiger partial charge is 0.127 e. The van der Waals surface area contributed by atoms with Crippen molar-refractivity contribution >= 4 is 6.21 Å². The van der Waals surface area contributed by atoms with E-state index in [9.17, 15) is 0 Å². The Balaban J connectivity index is 1.63. The molecule has 0 heterocycles. The lowest BCUT2D eigenvalue weighted by atomic mass is 9.98. The highest BCUT2D eigenvalue weighted by Crippen LogP contribution is 2.27. The van der Waals surface area contributed by atoms with Gasteiger partial charge >= 0.3 is 0 Å². The van der Waals surface area contributed by atoms with Gasteiger partial charge in [0.2, 0.25) is 0 Å². The van der Waals surface area contributed by atoms with E-state index < -0.39 is 0 Å². The minimum atomic E-state index is 0.425. The van der Waals surface area contributed by atoms with Crippen molar-refractivity contribution in [3.63, 3.8) is 0 Å². The second-order valence-corrected chi connectivity index (χ2v) is 3.96. The Hall–Kier alpha value is -0.530. The van der Waals surface area contributed by atoms with Crippen molar-refractivity contribution in [2.75, 3.05) is 0 Å². The van der Waals surface area contributed by atoms with Gasteiger partial charge < -0.3 is 4.84 Å². The van der Waals surface area contributed by atoms with Gasteiger partial charge in [-0.25, -0.2) is 0 Å². The molecule has 2 nitrogen and oxygen atoms in total. The van der Waals surface area contributed by atoms with Crippen molar-refractivity contribution in [3.05, 3.63) is 0 Å². The number of nitrogens with zero attached hydrogens (tertiary/aromatic N) is 1. The van der Waals surface area contributed by atoms with Crippen LogP contribution in [0.1, 0.15) is 44.9 Å². The summed E-state index contributed by atoms with van der Waals surface area (Å²) in [6, 6.07) is 0. The van der Waals surface area contributed by atoms with Gasteiger partial charge in [-0.05, 0) is 44.4 Å². The van der Waals surface area contributed by atoms with Gasteiger partial charge in [-0.3, -0.25) is 0 Å². The quantitative estimate of drug-likeness (QED) is 0.468. The Morgan fingerprint density at radius 3 is 2.42 bits per heavy atom. The molecule has 68 valence electrons. The Morgan fingerprint density at radius 1 is 1.00 bits per heavy atom. The van der Waals surface area contributed by atoms with Gasteiger partial charge in [0.15, 0.2) is 0 Å². The zero-order valence-corrected chi connectivity index (χ0v) is 7.54. The number of hydrogen-bond donors (Lipinski definition) is 0. The third-order valence-electron chi connectivity index (χ3n) is 2.66. The highest BCUT2D eigenvalue weighted by Gasteiger charge is 2.19. The van der Waals surface area contributed by atoms with Crippen molar-refractivity contribution in [1.82, 2.24) is 0 Å². The average molecular weight is 167 g/mol. The largest absolute Gasteiger partial charge is 0.393 e. The topological polar surface area (TPSA) is 21.6 Å². The highest BCUT2D eigenvalue weighted by atomic mass is 16.6. The molecular weight excluding hydrogens is 150 g/mol. The van der Waals surface area contributed by atoms with E-state index in [1.165, 1.54) is 44.9 Å². The van der Waals surface area contributed by atoms with Gasteiger partial charge in [-0.2, -0.15) is 0 Å². The van der Waals surface area contributed by atoms with Crippen molar-refractivity contribution < 1.29 is 4.84 Å². The van der Waals surface area contributed by atoms with Gasteiger partial charge in [0.05, 0.1) is 0 Å². The molecule has 0 saturated heterocycles. The van der Waals surface area contributed by atoms with Gasteiger partial charge in [-0.1, -0.05) is 11.6 Å². The molecule has 0 radical (unpaired) electrons. The summed E-state index contributed by atoms with van der Waals surface area (Å²) in [5.41, 5.74) is 0. The molecule has 0 aromatic rings. The summed E-state index contributed by atoms with van der Waals surface area (Å²) in [6.07, 6.45) is 11.5. The summed E-state index contributed by atoms with van der Waals surface area (Å²) >= 11 is 0. The van der Waals surface area contributed by atoms with Crippen LogP contribution in [0.5, 0.6) is 0 Å². The van der Waals surface area contributed by atoms with Crippen LogP contribution in [0.2, 0.25) is 0 Å². The van der Waals surface area contributed by atoms with Crippen molar-refractivity contribution in [1.29, 1.82) is 0 Å². The lowest BCUT2D eigenvalue weighted by molar-refractivity contribution is 0.0335. The third kappa shape index (κ3) is 2.50. The summed E-state index contributed by atoms with van der Waals surface area (Å²) in [5.74, 6) is 0.744. The van der Waals surface area contributed by atoms with Crippen molar-refractivity contribution in [2.45, 2.75) is 51.0 Å². The molecule has 0 N–H and O–H groups in total. The van der Waals surface area contributed by atoms with Crippen LogP contribution in [-0.4, -0.2) is 12.3 Å². The molecule has 2 fully saturated rings. The maximum Gasteiger partial charge on any atom is 0.127 e. The van der Waals surface area contributed by atoms with E-state index in [2.05, 4.69) is 5.16 Å². The minimum absolute atomic E-state index is 0.425. The predicted octanol–water partition coefficient (Wildman–Crippen LogP) is 2.73. The van der Waals surface area contributed by atoms with Crippen LogP contribution in [0.3, 0.4) is 0 Å². The summed E-state index contributed by atoms with van der Waals surface area (Å²) in [7, 11) is 0. The monoisotopic (exact) mass is 167 g/mol. The van der Waals surface area contributed by atoms with Crippen LogP contribution < -0.4 is 0 Å². The van der Waals surface area contributed by atoms with E-state index in [1.807, 2.05) is 6.21 Å². The molecule has 0 aliphatic heterocycles. The maximum absolute atomic E-state index is 5.40. The zero-order valence-electron chi connectivity index (χ0n) is 7.54. The minimum Gasteiger partial charge on any atom is -0.393 e. The highest BCUT2D eigenvalue weighted by molar-refractivity contribution is 5.62. The van der Waals surface area contributed by atoms with E-state index >= 15 is 0 Å². The molecule has 0 aromatic carbocycles. The molecule has 2 rings (SSSR count). The fourth-order valence-corrected chi connectivity index (χ4v) is 1.62. The Bertz CT molecular complexity index is 157. The predicted molar refractivity (Wildman–Crippen MR) is 49.2 cm³/mol. The Morgan fingerprint density at radius 2 is 1.75 bits per heavy atom. The van der Waals surface area contributed by atoms with Crippen LogP contribution in [-0.2, 0) is 4.84 Å². The number of hydrogen-bond acceptors (Lipinski definition) is 2. The van der Waals surface area contributed by atoms with Crippen LogP contribution in [0.15, 0.2) is 5.16 Å². The van der Waals surface area contributed by atoms with Gasteiger partial charge in [0.25, 0.3) is 0 Å². The van der Waals surface area contributed by atoms with Crippen molar-refractivity contribution in [2.24, 2.45) is 11.1 Å². The lowest BCUT2D eigenvalue weighted by Gasteiger charge is -2.18. The molecule has 0 unspecified atom stereocenters. The van der Waals surface area contributed by atoms with Gasteiger partial charge in [0.1, 0.15) is 6.10 Å². The molecule has 12 heavy (non-hydrogen) atoms.